The molecule has 2 aliphatic rings. The van der Waals surface area contributed by atoms with Crippen molar-refractivity contribution in [3.63, 3.8) is 0 Å². The van der Waals surface area contributed by atoms with E-state index in [1.807, 2.05) is 0 Å². The van der Waals surface area contributed by atoms with Gasteiger partial charge in [0.2, 0.25) is 11.6 Å². The number of aliphatic hydroxyl groups is 1. The largest absolute Gasteiger partial charge is 0.507 e. The highest BCUT2D eigenvalue weighted by molar-refractivity contribution is 6.52. The second kappa shape index (κ2) is 6.47. The quantitative estimate of drug-likeness (QED) is 0.834. The molecule has 0 saturated heterocycles. The fourth-order valence-electron chi connectivity index (χ4n) is 3.69. The van der Waals surface area contributed by atoms with Gasteiger partial charge in [0.05, 0.1) is 0 Å². The van der Waals surface area contributed by atoms with E-state index in [1.165, 1.54) is 32.1 Å². The Kier molecular flexibility index (Phi) is 4.41. The molecule has 3 nitrogen and oxygen atoms in total. The average molecular weight is 298 g/mol. The number of carbonyl (C=O) groups is 2. The minimum absolute atomic E-state index is 0.00356. The Hall–Kier alpha value is -1.90. The normalized spacial score (nSPS) is 19.5. The number of hydrogen-bond acceptors (Lipinski definition) is 3. The van der Waals surface area contributed by atoms with Crippen LogP contribution in [0.15, 0.2) is 29.8 Å². The summed E-state index contributed by atoms with van der Waals surface area (Å²) < 4.78 is 0. The zero-order valence-electron chi connectivity index (χ0n) is 12.8. The predicted octanol–water partition coefficient (Wildman–Crippen LogP) is 4.47. The standard InChI is InChI=1S/C19H22O3/c20-17-14-10-4-5-11-15(14)18(21)19(22)16(17)12-6-9-13-7-2-1-3-8-13/h4-5,10-11,13,20H,1-3,6-9,12H2. The molecular formula is C19H22O3. The van der Waals surface area contributed by atoms with Gasteiger partial charge < -0.3 is 5.11 Å². The molecule has 1 N–H and O–H groups in total. The maximum absolute atomic E-state index is 12.2. The summed E-state index contributed by atoms with van der Waals surface area (Å²) in [5, 5.41) is 10.4. The van der Waals surface area contributed by atoms with Crippen LogP contribution in [0.3, 0.4) is 0 Å². The molecule has 0 aliphatic heterocycles. The van der Waals surface area contributed by atoms with Crippen LogP contribution in [-0.2, 0) is 4.79 Å². The minimum atomic E-state index is -0.528. The first-order chi connectivity index (χ1) is 10.7. The number of carbonyl (C=O) groups excluding carboxylic acids is 2. The van der Waals surface area contributed by atoms with Crippen molar-refractivity contribution in [3.05, 3.63) is 41.0 Å². The molecule has 22 heavy (non-hydrogen) atoms. The van der Waals surface area contributed by atoms with Crippen LogP contribution in [0.5, 0.6) is 0 Å². The van der Waals surface area contributed by atoms with Crippen molar-refractivity contribution in [2.24, 2.45) is 5.92 Å². The molecule has 0 unspecified atom stereocenters. The number of hydrogen-bond donors (Lipinski definition) is 1. The van der Waals surface area contributed by atoms with Gasteiger partial charge in [0.15, 0.2) is 0 Å². The van der Waals surface area contributed by atoms with Crippen molar-refractivity contribution >= 4 is 17.3 Å². The van der Waals surface area contributed by atoms with Crippen LogP contribution in [0.25, 0.3) is 5.76 Å². The van der Waals surface area contributed by atoms with Gasteiger partial charge in [0.25, 0.3) is 0 Å². The van der Waals surface area contributed by atoms with Gasteiger partial charge in [-0.3, -0.25) is 9.59 Å². The number of ketones is 2. The van der Waals surface area contributed by atoms with Crippen molar-refractivity contribution in [1.29, 1.82) is 0 Å². The summed E-state index contributed by atoms with van der Waals surface area (Å²) in [5.41, 5.74) is 1.13. The monoisotopic (exact) mass is 298 g/mol. The molecule has 1 saturated carbocycles. The Morgan fingerprint density at radius 3 is 2.36 bits per heavy atom. The molecule has 3 rings (SSSR count). The topological polar surface area (TPSA) is 54.4 Å². The molecule has 0 amide bonds. The number of allylic oxidation sites excluding steroid dienone is 1. The molecule has 2 aliphatic carbocycles. The first kappa shape index (κ1) is 15.0. The van der Waals surface area contributed by atoms with Crippen LogP contribution in [-0.4, -0.2) is 16.7 Å². The maximum atomic E-state index is 12.2. The fourth-order valence-corrected chi connectivity index (χ4v) is 3.69. The fraction of sp³-hybridized carbons (Fsp3) is 0.474. The van der Waals surface area contributed by atoms with Crippen LogP contribution in [0.1, 0.15) is 67.3 Å². The van der Waals surface area contributed by atoms with E-state index in [0.717, 1.165) is 18.8 Å². The third-order valence-electron chi connectivity index (χ3n) is 4.96. The molecule has 0 aromatic heterocycles. The molecule has 3 heteroatoms. The summed E-state index contributed by atoms with van der Waals surface area (Å²) in [6, 6.07) is 6.80. The van der Waals surface area contributed by atoms with E-state index in [1.54, 1.807) is 24.3 Å². The maximum Gasteiger partial charge on any atom is 0.234 e. The Balaban J connectivity index is 1.72. The van der Waals surface area contributed by atoms with Crippen LogP contribution >= 0.6 is 0 Å². The molecule has 0 heterocycles. The third-order valence-corrected chi connectivity index (χ3v) is 4.96. The zero-order valence-corrected chi connectivity index (χ0v) is 12.8. The number of benzene rings is 1. The lowest BCUT2D eigenvalue weighted by Crippen LogP contribution is -2.24. The van der Waals surface area contributed by atoms with Crippen molar-refractivity contribution in [3.8, 4) is 0 Å². The molecule has 0 radical (unpaired) electrons. The van der Waals surface area contributed by atoms with E-state index in [4.69, 9.17) is 0 Å². The van der Waals surface area contributed by atoms with Crippen LogP contribution in [0.4, 0.5) is 0 Å². The number of Topliss-reactive ketones (excluding diaryl/α,β-unsaturated/α-hetero) is 2. The third kappa shape index (κ3) is 2.85. The Labute approximate surface area is 131 Å². The van der Waals surface area contributed by atoms with Gasteiger partial charge in [-0.2, -0.15) is 0 Å². The van der Waals surface area contributed by atoms with E-state index in [0.29, 0.717) is 23.1 Å². The van der Waals surface area contributed by atoms with Crippen LogP contribution < -0.4 is 0 Å². The number of fused-ring (bicyclic) bond motifs is 1. The van der Waals surface area contributed by atoms with Crippen LogP contribution in [0.2, 0.25) is 0 Å². The number of rotatable bonds is 4. The van der Waals surface area contributed by atoms with E-state index in [9.17, 15) is 14.7 Å². The second-order valence-corrected chi connectivity index (χ2v) is 6.43. The van der Waals surface area contributed by atoms with Gasteiger partial charge in [0.1, 0.15) is 5.76 Å². The predicted molar refractivity (Wildman–Crippen MR) is 85.8 cm³/mol. The summed E-state index contributed by atoms with van der Waals surface area (Å²) >= 11 is 0. The second-order valence-electron chi connectivity index (χ2n) is 6.43. The van der Waals surface area contributed by atoms with Gasteiger partial charge in [-0.25, -0.2) is 0 Å². The van der Waals surface area contributed by atoms with Crippen molar-refractivity contribution in [2.45, 2.75) is 51.4 Å². The van der Waals surface area contributed by atoms with Gasteiger partial charge >= 0.3 is 0 Å². The van der Waals surface area contributed by atoms with Gasteiger partial charge in [-0.1, -0.05) is 62.8 Å². The molecular weight excluding hydrogens is 276 g/mol. The highest BCUT2D eigenvalue weighted by Gasteiger charge is 2.32. The van der Waals surface area contributed by atoms with Crippen molar-refractivity contribution in [2.75, 3.05) is 0 Å². The molecule has 0 spiro atoms. The lowest BCUT2D eigenvalue weighted by molar-refractivity contribution is -0.112. The SMILES string of the molecule is O=C1C(=O)c2ccccc2C(O)=C1CCCC1CCCCC1. The Bertz CT molecular complexity index is 621. The average Bonchev–Trinajstić information content (AvgIpc) is 2.57. The Morgan fingerprint density at radius 2 is 1.64 bits per heavy atom. The van der Waals surface area contributed by atoms with Crippen LogP contribution in [0, 0.1) is 5.92 Å². The summed E-state index contributed by atoms with van der Waals surface area (Å²) in [4.78, 5) is 24.4. The van der Waals surface area contributed by atoms with Crippen molar-refractivity contribution < 1.29 is 14.7 Å². The zero-order chi connectivity index (χ0) is 15.5. The molecule has 1 aromatic carbocycles. The van der Waals surface area contributed by atoms with Gasteiger partial charge in [-0.15, -0.1) is 0 Å². The molecule has 1 aromatic rings. The molecule has 0 bridgehead atoms. The van der Waals surface area contributed by atoms with E-state index >= 15 is 0 Å². The highest BCUT2D eigenvalue weighted by atomic mass is 16.3. The smallest absolute Gasteiger partial charge is 0.234 e. The lowest BCUT2D eigenvalue weighted by atomic mass is 9.83. The molecule has 1 fully saturated rings. The summed E-state index contributed by atoms with van der Waals surface area (Å²) in [6.45, 7) is 0. The van der Waals surface area contributed by atoms with Gasteiger partial charge in [-0.05, 0) is 18.8 Å². The van der Waals surface area contributed by atoms with E-state index < -0.39 is 11.6 Å². The van der Waals surface area contributed by atoms with Crippen molar-refractivity contribution in [1.82, 2.24) is 0 Å². The van der Waals surface area contributed by atoms with Gasteiger partial charge in [0, 0.05) is 16.7 Å². The summed E-state index contributed by atoms with van der Waals surface area (Å²) in [5.74, 6) is -0.261. The first-order valence-electron chi connectivity index (χ1n) is 8.29. The molecule has 0 atom stereocenters. The van der Waals surface area contributed by atoms with E-state index in [-0.39, 0.29) is 5.76 Å². The molecule has 116 valence electrons. The lowest BCUT2D eigenvalue weighted by Gasteiger charge is -2.22. The van der Waals surface area contributed by atoms with E-state index in [2.05, 4.69) is 0 Å². The minimum Gasteiger partial charge on any atom is -0.507 e. The summed E-state index contributed by atoms with van der Waals surface area (Å²) in [7, 11) is 0. The number of aliphatic hydroxyl groups excluding tert-OH is 1. The highest BCUT2D eigenvalue weighted by Crippen LogP contribution is 2.32. The summed E-state index contributed by atoms with van der Waals surface area (Å²) in [6.07, 6.45) is 8.97. The first-order valence-corrected chi connectivity index (χ1v) is 8.29. The Morgan fingerprint density at radius 1 is 0.955 bits per heavy atom.